The zero-order valence-electron chi connectivity index (χ0n) is 14.9. The molecule has 0 fully saturated rings. The average Bonchev–Trinajstić information content (AvgIpc) is 1.89. The van der Waals surface area contributed by atoms with Gasteiger partial charge in [-0.05, 0) is 5.16 Å². The second kappa shape index (κ2) is 5.72. The lowest BCUT2D eigenvalue weighted by atomic mass is 10.3. The van der Waals surface area contributed by atoms with Gasteiger partial charge < -0.3 is 0 Å². The minimum absolute atomic E-state index is 0.245. The van der Waals surface area contributed by atoms with Crippen molar-refractivity contribution in [3.8, 4) is 0 Å². The first kappa shape index (κ1) is 19.5. The minimum atomic E-state index is -1.04. The van der Waals surface area contributed by atoms with E-state index in [1.807, 2.05) is 0 Å². The van der Waals surface area contributed by atoms with Gasteiger partial charge in [-0.3, -0.25) is 0 Å². The molecule has 110 valence electrons. The summed E-state index contributed by atoms with van der Waals surface area (Å²) in [5.74, 6) is 0. The molecule has 0 aliphatic rings. The van der Waals surface area contributed by atoms with Crippen LogP contribution in [0.15, 0.2) is 0 Å². The second-order valence-electron chi connectivity index (χ2n) is 9.31. The Morgan fingerprint density at radius 2 is 0.833 bits per heavy atom. The van der Waals surface area contributed by atoms with Crippen LogP contribution in [0.5, 0.6) is 0 Å². The van der Waals surface area contributed by atoms with Crippen molar-refractivity contribution in [3.63, 3.8) is 0 Å². The van der Waals surface area contributed by atoms with E-state index in [1.54, 1.807) is 0 Å². The van der Waals surface area contributed by atoms with Gasteiger partial charge in [-0.2, -0.15) is 0 Å². The molecule has 18 heavy (non-hydrogen) atoms. The molecule has 0 aromatic rings. The first-order valence-corrected chi connectivity index (χ1v) is 23.5. The molecule has 0 aromatic carbocycles. The van der Waals surface area contributed by atoms with Gasteiger partial charge in [0, 0.05) is 0 Å². The second-order valence-corrected chi connectivity index (χ2v) is 48.1. The summed E-state index contributed by atoms with van der Waals surface area (Å²) in [5.41, 5.74) is 0. The first-order chi connectivity index (χ1) is 7.49. The van der Waals surface area contributed by atoms with E-state index in [2.05, 4.69) is 79.7 Å². The van der Waals surface area contributed by atoms with Gasteiger partial charge in [0.1, 0.15) is 0 Å². The monoisotopic (exact) mass is 338 g/mol. The van der Waals surface area contributed by atoms with Gasteiger partial charge >= 0.3 is 0 Å². The van der Waals surface area contributed by atoms with Gasteiger partial charge in [0.15, 0.2) is 0 Å². The summed E-state index contributed by atoms with van der Waals surface area (Å²) < 4.78 is 0. The highest BCUT2D eigenvalue weighted by Crippen LogP contribution is 2.85. The third kappa shape index (κ3) is 5.48. The van der Waals surface area contributed by atoms with Crippen LogP contribution in [0.25, 0.3) is 0 Å². The fraction of sp³-hybridized carbons (Fsp3) is 1.00. The molecule has 0 aromatic heterocycles. The molecule has 0 rings (SSSR count). The molecule has 5 heteroatoms. The molecule has 0 spiro atoms. The highest BCUT2D eigenvalue weighted by atomic mass is 32.4. The molecule has 1 unspecified atom stereocenters. The Hall–Kier alpha value is 1.51. The van der Waals surface area contributed by atoms with E-state index in [-0.39, 0.29) is 7.16 Å². The van der Waals surface area contributed by atoms with Crippen LogP contribution in [-0.4, -0.2) is 28.4 Å². The number of rotatable bonds is 4. The summed E-state index contributed by atoms with van der Waals surface area (Å²) in [6, 6.07) is 0. The average molecular weight is 339 g/mol. The van der Waals surface area contributed by atoms with Crippen molar-refractivity contribution in [1.82, 2.24) is 0 Å². The third-order valence-corrected chi connectivity index (χ3v) is 61.9. The summed E-state index contributed by atoms with van der Waals surface area (Å²) in [6.45, 7) is 31.7. The normalized spacial score (nSPS) is 17.2. The Labute approximate surface area is 122 Å². The standard InChI is InChI=1S/C13H36P2Si3/c1-13(2,3)14(16(4,5)6)15(17(7,8)9)18(10,11)12/h1-12H3. The van der Waals surface area contributed by atoms with E-state index >= 15 is 0 Å². The number of hydrogen-bond donors (Lipinski definition) is 0. The van der Waals surface area contributed by atoms with Crippen molar-refractivity contribution in [2.45, 2.75) is 84.9 Å². The Kier molecular flexibility index (Phi) is 6.20. The van der Waals surface area contributed by atoms with E-state index in [4.69, 9.17) is 0 Å². The summed E-state index contributed by atoms with van der Waals surface area (Å²) in [7, 11) is -2.83. The largest absolute Gasteiger partial charge is 0.108 e. The molecular weight excluding hydrogens is 302 g/mol. The van der Waals surface area contributed by atoms with Crippen LogP contribution in [0.1, 0.15) is 20.8 Å². The predicted octanol–water partition coefficient (Wildman–Crippen LogP) is 7.17. The molecular formula is C13H36P2Si3. The molecule has 0 N–H and O–H groups in total. The molecule has 0 saturated heterocycles. The van der Waals surface area contributed by atoms with Gasteiger partial charge in [-0.25, -0.2) is 0 Å². The Morgan fingerprint density at radius 1 is 0.556 bits per heavy atom. The van der Waals surface area contributed by atoms with E-state index in [0.717, 1.165) is 0 Å². The molecule has 0 amide bonds. The highest BCUT2D eigenvalue weighted by molar-refractivity contribution is 8.65. The van der Waals surface area contributed by atoms with Gasteiger partial charge in [0.05, 0.1) is 23.2 Å². The smallest absolute Gasteiger partial charge is 0.0768 e. The molecule has 0 bridgehead atoms. The summed E-state index contributed by atoms with van der Waals surface area (Å²) in [5, 5.41) is 0.562. The van der Waals surface area contributed by atoms with E-state index in [0.29, 0.717) is 11.9 Å². The molecule has 0 aliphatic heterocycles. The lowest BCUT2D eigenvalue weighted by Gasteiger charge is -2.54. The zero-order chi connectivity index (χ0) is 15.2. The van der Waals surface area contributed by atoms with Gasteiger partial charge in [0.25, 0.3) is 0 Å². The van der Waals surface area contributed by atoms with Crippen molar-refractivity contribution in [3.05, 3.63) is 0 Å². The van der Waals surface area contributed by atoms with Gasteiger partial charge in [-0.1, -0.05) is 86.9 Å². The van der Waals surface area contributed by atoms with E-state index in [9.17, 15) is 0 Å². The first-order valence-electron chi connectivity index (χ1n) is 7.09. The van der Waals surface area contributed by atoms with Crippen molar-refractivity contribution < 1.29 is 0 Å². The van der Waals surface area contributed by atoms with Crippen molar-refractivity contribution in [1.29, 1.82) is 0 Å². The van der Waals surface area contributed by atoms with Crippen molar-refractivity contribution in [2.75, 3.05) is 0 Å². The van der Waals surface area contributed by atoms with Crippen molar-refractivity contribution in [2.24, 2.45) is 0 Å². The Balaban J connectivity index is 5.84. The quantitative estimate of drug-likeness (QED) is 0.376. The predicted molar refractivity (Wildman–Crippen MR) is 104 cm³/mol. The lowest BCUT2D eigenvalue weighted by molar-refractivity contribution is 0.798. The van der Waals surface area contributed by atoms with E-state index in [1.165, 1.54) is 0 Å². The fourth-order valence-electron chi connectivity index (χ4n) is 3.21. The van der Waals surface area contributed by atoms with Crippen LogP contribution in [0, 0.1) is 0 Å². The van der Waals surface area contributed by atoms with Crippen molar-refractivity contribution >= 4 is 37.1 Å². The Bertz CT molecular complexity index is 219. The van der Waals surface area contributed by atoms with Crippen LogP contribution in [0.4, 0.5) is 0 Å². The van der Waals surface area contributed by atoms with Crippen LogP contribution in [0.3, 0.4) is 0 Å². The van der Waals surface area contributed by atoms with Crippen LogP contribution < -0.4 is 0 Å². The Morgan fingerprint density at radius 3 is 0.889 bits per heavy atom. The van der Waals surface area contributed by atoms with Crippen LogP contribution in [-0.2, 0) is 0 Å². The summed E-state index contributed by atoms with van der Waals surface area (Å²) in [6.07, 6.45) is 0. The maximum absolute atomic E-state index is 2.65. The summed E-state index contributed by atoms with van der Waals surface area (Å²) in [4.78, 5) is 0. The maximum Gasteiger partial charge on any atom is 0.0768 e. The molecule has 0 nitrogen and oxygen atoms in total. The SMILES string of the molecule is CC(C)(C)P(P([Si](C)(C)C)[Si](C)(C)C)[Si](C)(C)C. The number of hydrogen-bond acceptors (Lipinski definition) is 0. The fourth-order valence-corrected chi connectivity index (χ4v) is 101. The van der Waals surface area contributed by atoms with E-state index < -0.39 is 23.2 Å². The topological polar surface area (TPSA) is 0 Å². The maximum atomic E-state index is 2.65. The third-order valence-electron chi connectivity index (χ3n) is 2.74. The molecule has 1 atom stereocenters. The molecule has 0 saturated carbocycles. The molecule has 0 heterocycles. The molecule has 0 aliphatic carbocycles. The molecule has 0 radical (unpaired) electrons. The zero-order valence-corrected chi connectivity index (χ0v) is 19.7. The van der Waals surface area contributed by atoms with Crippen LogP contribution in [0.2, 0.25) is 58.9 Å². The van der Waals surface area contributed by atoms with Gasteiger partial charge in [-0.15, -0.1) is 6.71 Å². The highest BCUT2D eigenvalue weighted by Gasteiger charge is 2.50. The van der Waals surface area contributed by atoms with Crippen LogP contribution >= 0.6 is 13.9 Å². The van der Waals surface area contributed by atoms with Gasteiger partial charge in [0.2, 0.25) is 0 Å². The summed E-state index contributed by atoms with van der Waals surface area (Å²) >= 11 is 0. The lowest BCUT2D eigenvalue weighted by Crippen LogP contribution is -2.39. The minimum Gasteiger partial charge on any atom is -0.108 e.